The molecule has 0 spiro atoms. The third kappa shape index (κ3) is 3.54. The Hall–Kier alpha value is -3.68. The predicted molar refractivity (Wildman–Crippen MR) is 94.3 cm³/mol. The number of halogens is 2. The molecule has 0 heterocycles. The molecule has 132 valence electrons. The molecule has 0 aromatic heterocycles. The van der Waals surface area contributed by atoms with E-state index in [1.54, 1.807) is 0 Å². The smallest absolute Gasteiger partial charge is 0.181 e. The molecule has 0 atom stereocenters. The maximum atomic E-state index is 13.8. The summed E-state index contributed by atoms with van der Waals surface area (Å²) in [6, 6.07) is 5.96. The highest BCUT2D eigenvalue weighted by molar-refractivity contribution is 6.19. The van der Waals surface area contributed by atoms with Gasteiger partial charge < -0.3 is 21.3 Å². The molecule has 6 nitrogen and oxygen atoms in total. The third-order valence-corrected chi connectivity index (χ3v) is 3.53. The number of phenolic OH excluding ortho intramolecular Hbond substituents is 2. The Kier molecular flexibility index (Phi) is 4.40. The average molecular weight is 357 g/mol. The average Bonchev–Trinajstić information content (AvgIpc) is 2.57. The van der Waals surface area contributed by atoms with Crippen LogP contribution in [-0.2, 0) is 4.79 Å². The molecule has 0 saturated heterocycles. The Labute approximate surface area is 146 Å². The lowest BCUT2D eigenvalue weighted by molar-refractivity contribution is -0.110. The number of benzene rings is 2. The molecule has 0 aliphatic heterocycles. The highest BCUT2D eigenvalue weighted by Crippen LogP contribution is 2.37. The van der Waals surface area contributed by atoms with Crippen LogP contribution >= 0.6 is 0 Å². The number of anilines is 3. The molecule has 0 unspecified atom stereocenters. The standard InChI is InChI=1S/C18H13F2N3O3/c19-11-5-9(24)1-3-14(11)22-16-8-18(26)17(7-13(16)21)23-15-4-2-10(25)6-12(15)20/h1-8,23,25-26H,21H2. The number of hydrogen-bond donors (Lipinski definition) is 4. The van der Waals surface area contributed by atoms with E-state index >= 15 is 0 Å². The molecular weight excluding hydrogens is 344 g/mol. The summed E-state index contributed by atoms with van der Waals surface area (Å²) >= 11 is 0. The number of ketones is 1. The normalized spacial score (nSPS) is 15.2. The van der Waals surface area contributed by atoms with Gasteiger partial charge in [0.15, 0.2) is 11.6 Å². The van der Waals surface area contributed by atoms with Crippen LogP contribution in [0.2, 0.25) is 0 Å². The van der Waals surface area contributed by atoms with Crippen molar-refractivity contribution in [3.8, 4) is 11.5 Å². The van der Waals surface area contributed by atoms with Gasteiger partial charge in [-0.25, -0.2) is 13.8 Å². The number of phenols is 2. The van der Waals surface area contributed by atoms with Crippen LogP contribution in [0.1, 0.15) is 0 Å². The molecule has 3 rings (SSSR count). The van der Waals surface area contributed by atoms with Gasteiger partial charge in [0, 0.05) is 18.2 Å². The van der Waals surface area contributed by atoms with Gasteiger partial charge in [0.2, 0.25) is 0 Å². The van der Waals surface area contributed by atoms with Gasteiger partial charge in [-0.1, -0.05) is 0 Å². The van der Waals surface area contributed by atoms with Gasteiger partial charge in [0.1, 0.15) is 17.3 Å². The molecule has 5 N–H and O–H groups in total. The Morgan fingerprint density at radius 3 is 2.50 bits per heavy atom. The Morgan fingerprint density at radius 2 is 1.81 bits per heavy atom. The van der Waals surface area contributed by atoms with E-state index in [0.717, 1.165) is 18.2 Å². The van der Waals surface area contributed by atoms with Crippen LogP contribution in [0.4, 0.5) is 31.5 Å². The SMILES string of the molecule is Nc1cc(Nc2ccc(O)cc2F)c(O)cc1N=C1C=CC(=O)C=C1F. The maximum Gasteiger partial charge on any atom is 0.181 e. The van der Waals surface area contributed by atoms with E-state index in [1.165, 1.54) is 30.3 Å². The Bertz CT molecular complexity index is 997. The van der Waals surface area contributed by atoms with E-state index in [0.29, 0.717) is 0 Å². The lowest BCUT2D eigenvalue weighted by Crippen LogP contribution is -2.04. The van der Waals surface area contributed by atoms with Gasteiger partial charge in [0.05, 0.1) is 28.5 Å². The van der Waals surface area contributed by atoms with Crippen molar-refractivity contribution < 1.29 is 23.8 Å². The zero-order valence-electron chi connectivity index (χ0n) is 13.2. The van der Waals surface area contributed by atoms with Crippen LogP contribution in [0.3, 0.4) is 0 Å². The lowest BCUT2D eigenvalue weighted by Gasteiger charge is -2.12. The van der Waals surface area contributed by atoms with Gasteiger partial charge in [-0.15, -0.1) is 0 Å². The fourth-order valence-corrected chi connectivity index (χ4v) is 2.25. The molecule has 0 radical (unpaired) electrons. The molecule has 8 heteroatoms. The quantitative estimate of drug-likeness (QED) is 0.290. The first-order valence-corrected chi connectivity index (χ1v) is 7.40. The van der Waals surface area contributed by atoms with E-state index in [4.69, 9.17) is 5.73 Å². The third-order valence-electron chi connectivity index (χ3n) is 3.53. The van der Waals surface area contributed by atoms with E-state index in [1.807, 2.05) is 0 Å². The van der Waals surface area contributed by atoms with Crippen LogP contribution < -0.4 is 11.1 Å². The van der Waals surface area contributed by atoms with Crippen molar-refractivity contribution in [3.05, 3.63) is 60.2 Å². The zero-order valence-corrected chi connectivity index (χ0v) is 13.2. The summed E-state index contributed by atoms with van der Waals surface area (Å²) in [5.74, 6) is -2.57. The Balaban J connectivity index is 1.93. The first kappa shape index (κ1) is 17.2. The summed E-state index contributed by atoms with van der Waals surface area (Å²) in [7, 11) is 0. The predicted octanol–water partition coefficient (Wildman–Crippen LogP) is 3.63. The minimum absolute atomic E-state index is 0.0132. The van der Waals surface area contributed by atoms with Crippen molar-refractivity contribution in [3.63, 3.8) is 0 Å². The number of allylic oxidation sites excluding steroid dienone is 4. The fraction of sp³-hybridized carbons (Fsp3) is 0. The first-order chi connectivity index (χ1) is 12.3. The largest absolute Gasteiger partial charge is 0.508 e. The van der Waals surface area contributed by atoms with Crippen LogP contribution in [0, 0.1) is 5.82 Å². The van der Waals surface area contributed by atoms with Crippen molar-refractivity contribution in [2.45, 2.75) is 0 Å². The molecule has 0 amide bonds. The van der Waals surface area contributed by atoms with E-state index in [9.17, 15) is 23.8 Å². The topological polar surface area (TPSA) is 108 Å². The number of aliphatic imine (C=N–C) groups is 1. The molecule has 1 aliphatic carbocycles. The number of carbonyl (C=O) groups excluding carboxylic acids is 1. The number of nitrogens with zero attached hydrogens (tertiary/aromatic N) is 1. The second-order valence-electron chi connectivity index (χ2n) is 5.44. The minimum atomic E-state index is -0.815. The summed E-state index contributed by atoms with van der Waals surface area (Å²) in [5, 5.41) is 22.0. The molecule has 1 aliphatic rings. The van der Waals surface area contributed by atoms with Crippen molar-refractivity contribution in [1.29, 1.82) is 0 Å². The van der Waals surface area contributed by atoms with Crippen molar-refractivity contribution in [1.82, 2.24) is 0 Å². The molecule has 26 heavy (non-hydrogen) atoms. The second-order valence-corrected chi connectivity index (χ2v) is 5.44. The highest BCUT2D eigenvalue weighted by atomic mass is 19.1. The summed E-state index contributed by atoms with van der Waals surface area (Å²) in [6.07, 6.45) is 3.14. The van der Waals surface area contributed by atoms with Crippen molar-refractivity contribution in [2.24, 2.45) is 4.99 Å². The molecule has 0 bridgehead atoms. The summed E-state index contributed by atoms with van der Waals surface area (Å²) in [6.45, 7) is 0. The number of nitrogen functional groups attached to an aromatic ring is 1. The van der Waals surface area contributed by atoms with Crippen LogP contribution in [-0.4, -0.2) is 21.7 Å². The number of nitrogens with two attached hydrogens (primary N) is 1. The van der Waals surface area contributed by atoms with E-state index < -0.39 is 17.4 Å². The highest BCUT2D eigenvalue weighted by Gasteiger charge is 2.14. The minimum Gasteiger partial charge on any atom is -0.508 e. The van der Waals surface area contributed by atoms with E-state index in [2.05, 4.69) is 10.3 Å². The van der Waals surface area contributed by atoms with Crippen molar-refractivity contribution >= 4 is 34.2 Å². The van der Waals surface area contributed by atoms with Gasteiger partial charge in [-0.05, 0) is 30.4 Å². The second kappa shape index (κ2) is 6.67. The maximum absolute atomic E-state index is 13.8. The monoisotopic (exact) mass is 357 g/mol. The molecule has 0 saturated carbocycles. The molecule has 0 fully saturated rings. The zero-order chi connectivity index (χ0) is 18.8. The van der Waals surface area contributed by atoms with E-state index in [-0.39, 0.29) is 40.0 Å². The van der Waals surface area contributed by atoms with Gasteiger partial charge in [0.25, 0.3) is 0 Å². The van der Waals surface area contributed by atoms with Gasteiger partial charge in [-0.3, -0.25) is 4.79 Å². The lowest BCUT2D eigenvalue weighted by atomic mass is 10.1. The van der Waals surface area contributed by atoms with Gasteiger partial charge in [-0.2, -0.15) is 0 Å². The summed E-state index contributed by atoms with van der Waals surface area (Å²) < 4.78 is 27.5. The number of nitrogens with one attached hydrogen (secondary N) is 1. The van der Waals surface area contributed by atoms with Crippen LogP contribution in [0.5, 0.6) is 11.5 Å². The van der Waals surface area contributed by atoms with Gasteiger partial charge >= 0.3 is 0 Å². The number of hydrogen-bond acceptors (Lipinski definition) is 6. The number of aromatic hydroxyl groups is 2. The summed E-state index contributed by atoms with van der Waals surface area (Å²) in [5.41, 5.74) is 6.05. The molecule has 2 aromatic rings. The number of rotatable bonds is 3. The van der Waals surface area contributed by atoms with Crippen LogP contribution in [0.15, 0.2) is 59.4 Å². The number of carbonyl (C=O) groups is 1. The fourth-order valence-electron chi connectivity index (χ4n) is 2.25. The van der Waals surface area contributed by atoms with Crippen molar-refractivity contribution in [2.75, 3.05) is 11.1 Å². The first-order valence-electron chi connectivity index (χ1n) is 7.40. The molecular formula is C18H13F2N3O3. The van der Waals surface area contributed by atoms with Crippen LogP contribution in [0.25, 0.3) is 0 Å². The molecule has 2 aromatic carbocycles. The summed E-state index contributed by atoms with van der Waals surface area (Å²) in [4.78, 5) is 15.1. The Morgan fingerprint density at radius 1 is 1.04 bits per heavy atom.